The molecule has 0 amide bonds. The van der Waals surface area contributed by atoms with Gasteiger partial charge in [-0.1, -0.05) is 36.8 Å². The molecule has 2 heterocycles. The molecule has 0 radical (unpaired) electrons. The number of piperidine rings is 1. The Morgan fingerprint density at radius 1 is 1.22 bits per heavy atom. The van der Waals surface area contributed by atoms with Gasteiger partial charge < -0.3 is 10.0 Å². The van der Waals surface area contributed by atoms with E-state index in [0.717, 1.165) is 65.1 Å². The second-order valence-electron chi connectivity index (χ2n) is 7.31. The van der Waals surface area contributed by atoms with Crippen molar-refractivity contribution in [3.8, 4) is 0 Å². The highest BCUT2D eigenvalue weighted by Crippen LogP contribution is 2.44. The molecule has 0 atom stereocenters. The minimum Gasteiger partial charge on any atom is -0.477 e. The molecule has 4 rings (SSSR count). The first-order valence-corrected chi connectivity index (χ1v) is 10.2. The van der Waals surface area contributed by atoms with Gasteiger partial charge in [0.2, 0.25) is 0 Å². The maximum atomic E-state index is 13.0. The molecule has 2 aromatic rings. The summed E-state index contributed by atoms with van der Waals surface area (Å²) < 4.78 is 0. The van der Waals surface area contributed by atoms with E-state index in [0.29, 0.717) is 22.6 Å². The summed E-state index contributed by atoms with van der Waals surface area (Å²) >= 11 is 1.16. The summed E-state index contributed by atoms with van der Waals surface area (Å²) in [6.07, 6.45) is 2.85. The molecule has 4 nitrogen and oxygen atoms in total. The van der Waals surface area contributed by atoms with Gasteiger partial charge in [-0.25, -0.2) is 4.79 Å². The maximum Gasteiger partial charge on any atom is 0.346 e. The zero-order valence-electron chi connectivity index (χ0n) is 15.7. The molecule has 1 aliphatic carbocycles. The van der Waals surface area contributed by atoms with Crippen molar-refractivity contribution in [2.24, 2.45) is 0 Å². The van der Waals surface area contributed by atoms with Crippen LogP contribution in [0.4, 0.5) is 0 Å². The van der Waals surface area contributed by atoms with Crippen molar-refractivity contribution in [1.29, 1.82) is 0 Å². The molecular formula is C22H23NO3S. The van der Waals surface area contributed by atoms with Crippen molar-refractivity contribution in [3.63, 3.8) is 0 Å². The van der Waals surface area contributed by atoms with Crippen molar-refractivity contribution in [2.45, 2.75) is 32.6 Å². The fourth-order valence-corrected chi connectivity index (χ4v) is 5.42. The van der Waals surface area contributed by atoms with Crippen LogP contribution in [0.5, 0.6) is 0 Å². The van der Waals surface area contributed by atoms with Crippen LogP contribution in [-0.4, -0.2) is 41.9 Å². The Balaban J connectivity index is 2.05. The Morgan fingerprint density at radius 2 is 1.93 bits per heavy atom. The predicted octanol–water partition coefficient (Wildman–Crippen LogP) is 4.28. The molecule has 1 fully saturated rings. The summed E-state index contributed by atoms with van der Waals surface area (Å²) in [6, 6.07) is 8.12. The summed E-state index contributed by atoms with van der Waals surface area (Å²) in [5.74, 6) is -0.896. The number of carbonyl (C=O) groups excluding carboxylic acids is 1. The molecule has 1 saturated heterocycles. The number of carboxylic acids is 1. The van der Waals surface area contributed by atoms with Gasteiger partial charge in [-0.2, -0.15) is 0 Å². The van der Waals surface area contributed by atoms with Gasteiger partial charge in [-0.3, -0.25) is 4.79 Å². The number of benzene rings is 1. The minimum atomic E-state index is -0.932. The van der Waals surface area contributed by atoms with Gasteiger partial charge in [0.1, 0.15) is 4.88 Å². The molecule has 1 N–H and O–H groups in total. The number of fused-ring (bicyclic) bond motifs is 2. The van der Waals surface area contributed by atoms with Gasteiger partial charge in [-0.15, -0.1) is 11.3 Å². The third-order valence-corrected chi connectivity index (χ3v) is 6.90. The number of Topliss-reactive ketones (excluding diaryl/α,β-unsaturated/α-hetero) is 1. The fourth-order valence-electron chi connectivity index (χ4n) is 4.25. The first-order valence-electron chi connectivity index (χ1n) is 9.42. The third-order valence-electron chi connectivity index (χ3n) is 5.64. The van der Waals surface area contributed by atoms with Crippen LogP contribution in [0.3, 0.4) is 0 Å². The smallest absolute Gasteiger partial charge is 0.346 e. The largest absolute Gasteiger partial charge is 0.477 e. The third kappa shape index (κ3) is 3.05. The molecule has 140 valence electrons. The number of carbonyl (C=O) groups is 2. The number of hydrogen-bond donors (Lipinski definition) is 1. The Hall–Kier alpha value is -2.24. The van der Waals surface area contributed by atoms with Gasteiger partial charge in [0.05, 0.1) is 4.88 Å². The second-order valence-corrected chi connectivity index (χ2v) is 8.33. The highest BCUT2D eigenvalue weighted by molar-refractivity contribution is 7.16. The Bertz CT molecular complexity index is 960. The molecule has 0 saturated carbocycles. The highest BCUT2D eigenvalue weighted by atomic mass is 32.1. The summed E-state index contributed by atoms with van der Waals surface area (Å²) in [6.45, 7) is 3.95. The van der Waals surface area contributed by atoms with Crippen LogP contribution < -0.4 is 0 Å². The second kappa shape index (κ2) is 7.06. The van der Waals surface area contributed by atoms with Gasteiger partial charge in [-0.05, 0) is 48.6 Å². The molecule has 0 spiro atoms. The van der Waals surface area contributed by atoms with E-state index in [-0.39, 0.29) is 5.78 Å². The molecule has 0 unspecified atom stereocenters. The molecular weight excluding hydrogens is 358 g/mol. The average Bonchev–Trinajstić information content (AvgIpc) is 2.99. The number of ketones is 1. The Kier molecular flexibility index (Phi) is 4.74. The molecule has 27 heavy (non-hydrogen) atoms. The zero-order valence-corrected chi connectivity index (χ0v) is 16.5. The van der Waals surface area contributed by atoms with Crippen molar-refractivity contribution < 1.29 is 14.7 Å². The number of aromatic carboxylic acids is 1. The van der Waals surface area contributed by atoms with E-state index in [1.807, 2.05) is 25.1 Å². The fraction of sp³-hybridized carbons (Fsp3) is 0.364. The lowest BCUT2D eigenvalue weighted by Gasteiger charge is -2.27. The number of hydrogen-bond acceptors (Lipinski definition) is 4. The maximum absolute atomic E-state index is 13.0. The molecule has 1 aliphatic heterocycles. The molecule has 0 bridgehead atoms. The first-order chi connectivity index (χ1) is 13.0. The molecule has 5 heteroatoms. The van der Waals surface area contributed by atoms with Gasteiger partial charge >= 0.3 is 5.97 Å². The number of rotatable bonds is 2. The van der Waals surface area contributed by atoms with E-state index in [2.05, 4.69) is 18.0 Å². The van der Waals surface area contributed by atoms with Crippen LogP contribution in [0.15, 0.2) is 29.8 Å². The van der Waals surface area contributed by atoms with Crippen LogP contribution >= 0.6 is 11.3 Å². The van der Waals surface area contributed by atoms with Crippen LogP contribution in [0.2, 0.25) is 0 Å². The first kappa shape index (κ1) is 18.1. The quantitative estimate of drug-likeness (QED) is 0.844. The summed E-state index contributed by atoms with van der Waals surface area (Å²) in [4.78, 5) is 28.1. The lowest BCUT2D eigenvalue weighted by molar-refractivity contribution is 0.0701. The highest BCUT2D eigenvalue weighted by Gasteiger charge is 2.33. The van der Waals surface area contributed by atoms with E-state index in [9.17, 15) is 14.7 Å². The lowest BCUT2D eigenvalue weighted by atomic mass is 9.85. The van der Waals surface area contributed by atoms with E-state index in [1.165, 1.54) is 5.57 Å². The SMILES string of the molecule is CCc1c(C(=O)O)sc2c1C(=C1CCN(C)CC1)c1ccccc1CC2=O. The van der Waals surface area contributed by atoms with E-state index < -0.39 is 5.97 Å². The Labute approximate surface area is 163 Å². The van der Waals surface area contributed by atoms with Crippen LogP contribution in [-0.2, 0) is 12.8 Å². The van der Waals surface area contributed by atoms with Gasteiger partial charge in [0.25, 0.3) is 0 Å². The topological polar surface area (TPSA) is 57.6 Å². The molecule has 2 aliphatic rings. The normalized spacial score (nSPS) is 17.5. The monoisotopic (exact) mass is 381 g/mol. The Morgan fingerprint density at radius 3 is 2.59 bits per heavy atom. The van der Waals surface area contributed by atoms with Crippen molar-refractivity contribution in [2.75, 3.05) is 20.1 Å². The average molecular weight is 381 g/mol. The van der Waals surface area contributed by atoms with Crippen molar-refractivity contribution >= 4 is 28.7 Å². The number of thiophene rings is 1. The van der Waals surface area contributed by atoms with E-state index in [4.69, 9.17) is 0 Å². The van der Waals surface area contributed by atoms with Crippen LogP contribution in [0.1, 0.15) is 61.4 Å². The van der Waals surface area contributed by atoms with Gasteiger partial charge in [0, 0.05) is 25.1 Å². The van der Waals surface area contributed by atoms with E-state index >= 15 is 0 Å². The number of nitrogens with zero attached hydrogens (tertiary/aromatic N) is 1. The predicted molar refractivity (Wildman–Crippen MR) is 108 cm³/mol. The summed E-state index contributed by atoms with van der Waals surface area (Å²) in [7, 11) is 2.13. The van der Waals surface area contributed by atoms with Crippen LogP contribution in [0.25, 0.3) is 5.57 Å². The van der Waals surface area contributed by atoms with E-state index in [1.54, 1.807) is 0 Å². The lowest BCUT2D eigenvalue weighted by Crippen LogP contribution is -2.27. The molecule has 1 aromatic carbocycles. The molecule has 1 aromatic heterocycles. The number of likely N-dealkylation sites (tertiary alicyclic amines) is 1. The standard InChI is InChI=1S/C22H23NO3S/c1-3-15-19-18(13-8-10-23(2)11-9-13)16-7-5-4-6-14(16)12-17(24)21(19)27-20(15)22(25)26/h4-7H,3,8-12H2,1-2H3,(H,25,26). The summed E-state index contributed by atoms with van der Waals surface area (Å²) in [5.41, 5.74) is 6.34. The van der Waals surface area contributed by atoms with Crippen molar-refractivity contribution in [1.82, 2.24) is 4.90 Å². The zero-order chi connectivity index (χ0) is 19.1. The summed E-state index contributed by atoms with van der Waals surface area (Å²) in [5, 5.41) is 9.71. The van der Waals surface area contributed by atoms with Gasteiger partial charge in [0.15, 0.2) is 5.78 Å². The van der Waals surface area contributed by atoms with Crippen LogP contribution in [0, 0.1) is 0 Å². The van der Waals surface area contributed by atoms with Crippen molar-refractivity contribution in [3.05, 3.63) is 61.8 Å². The number of carboxylic acid groups (broad SMARTS) is 1. The minimum absolute atomic E-state index is 0.0353.